The third-order valence-electron chi connectivity index (χ3n) is 3.53. The van der Waals surface area contributed by atoms with E-state index in [9.17, 15) is 14.0 Å². The fraction of sp³-hybridized carbons (Fsp3) is 0.263. The molecule has 0 fully saturated rings. The van der Waals surface area contributed by atoms with Crippen LogP contribution in [-0.4, -0.2) is 24.1 Å². The number of rotatable bonds is 7. The highest BCUT2D eigenvalue weighted by Gasteiger charge is 2.23. The summed E-state index contributed by atoms with van der Waals surface area (Å²) in [7, 11) is 0. The summed E-state index contributed by atoms with van der Waals surface area (Å²) in [6.07, 6.45) is -1.94. The van der Waals surface area contributed by atoms with Crippen molar-refractivity contribution < 1.29 is 23.5 Å². The number of hydrogen-bond acceptors (Lipinski definition) is 4. The van der Waals surface area contributed by atoms with E-state index in [0.29, 0.717) is 10.8 Å². The molecule has 0 radical (unpaired) electrons. The number of carbonyl (C=O) groups is 2. The normalized spacial score (nSPS) is 12.8. The molecule has 0 saturated heterocycles. The van der Waals surface area contributed by atoms with E-state index in [0.717, 1.165) is 5.56 Å². The quantitative estimate of drug-likeness (QED) is 0.748. The van der Waals surface area contributed by atoms with Crippen molar-refractivity contribution in [3.05, 3.63) is 64.9 Å². The van der Waals surface area contributed by atoms with Crippen molar-refractivity contribution in [3.63, 3.8) is 0 Å². The molecule has 0 aliphatic carbocycles. The largest absolute Gasteiger partial charge is 0.479 e. The molecule has 0 bridgehead atoms. The molecule has 138 valence electrons. The Morgan fingerprint density at radius 2 is 1.73 bits per heavy atom. The van der Waals surface area contributed by atoms with Crippen molar-refractivity contribution in [2.75, 3.05) is 0 Å². The molecule has 0 unspecified atom stereocenters. The van der Waals surface area contributed by atoms with Gasteiger partial charge in [-0.3, -0.25) is 4.79 Å². The van der Waals surface area contributed by atoms with Gasteiger partial charge >= 0.3 is 5.97 Å². The van der Waals surface area contributed by atoms with Gasteiger partial charge in [-0.2, -0.15) is 0 Å². The number of halogens is 2. The molecule has 2 aromatic rings. The number of hydrogen-bond donors (Lipinski definition) is 1. The van der Waals surface area contributed by atoms with E-state index in [4.69, 9.17) is 21.1 Å². The van der Waals surface area contributed by atoms with Crippen molar-refractivity contribution in [2.45, 2.75) is 32.6 Å². The van der Waals surface area contributed by atoms with Crippen LogP contribution in [0.3, 0.4) is 0 Å². The minimum absolute atomic E-state index is 0.224. The van der Waals surface area contributed by atoms with Crippen molar-refractivity contribution in [2.24, 2.45) is 0 Å². The molecular formula is C19H19ClFNO4. The van der Waals surface area contributed by atoms with E-state index in [1.807, 2.05) is 6.07 Å². The van der Waals surface area contributed by atoms with Gasteiger partial charge in [-0.05, 0) is 49.7 Å². The summed E-state index contributed by atoms with van der Waals surface area (Å²) in [5.74, 6) is -1.23. The molecule has 0 spiro atoms. The fourth-order valence-electron chi connectivity index (χ4n) is 2.06. The van der Waals surface area contributed by atoms with Crippen LogP contribution >= 0.6 is 11.6 Å². The first kappa shape index (κ1) is 19.7. The zero-order valence-corrected chi connectivity index (χ0v) is 15.1. The summed E-state index contributed by atoms with van der Waals surface area (Å²) in [6.45, 7) is 3.17. The van der Waals surface area contributed by atoms with Crippen LogP contribution in [0.15, 0.2) is 48.5 Å². The number of esters is 1. The van der Waals surface area contributed by atoms with Crippen LogP contribution < -0.4 is 10.1 Å². The van der Waals surface area contributed by atoms with Gasteiger partial charge in [-0.25, -0.2) is 9.18 Å². The molecule has 2 aromatic carbocycles. The van der Waals surface area contributed by atoms with Gasteiger partial charge in [0.25, 0.3) is 5.91 Å². The van der Waals surface area contributed by atoms with Gasteiger partial charge in [0.15, 0.2) is 12.2 Å². The monoisotopic (exact) mass is 379 g/mol. The van der Waals surface area contributed by atoms with E-state index in [1.165, 1.54) is 38.1 Å². The topological polar surface area (TPSA) is 64.6 Å². The van der Waals surface area contributed by atoms with Gasteiger partial charge in [0, 0.05) is 11.6 Å². The summed E-state index contributed by atoms with van der Waals surface area (Å²) in [6, 6.07) is 12.4. The van der Waals surface area contributed by atoms with Crippen LogP contribution in [0.5, 0.6) is 5.75 Å². The Kier molecular flexibility index (Phi) is 6.97. The third kappa shape index (κ3) is 5.74. The van der Waals surface area contributed by atoms with Gasteiger partial charge in [-0.15, -0.1) is 0 Å². The van der Waals surface area contributed by atoms with Crippen molar-refractivity contribution in [1.82, 2.24) is 5.32 Å². The number of nitrogens with one attached hydrogen (secondary N) is 1. The van der Waals surface area contributed by atoms with Crippen LogP contribution in [0.25, 0.3) is 0 Å². The highest BCUT2D eigenvalue weighted by Crippen LogP contribution is 2.15. The molecule has 0 saturated carbocycles. The lowest BCUT2D eigenvalue weighted by molar-refractivity contribution is -0.160. The standard InChI is InChI=1S/C19H19ClFNO4/c1-12(18(23)22-11-14-5-3-4-6-17(14)20)26-19(24)13(2)25-16-9-7-15(21)8-10-16/h3-10,12-13H,11H2,1-2H3,(H,22,23)/t12-,13+/m1/s1. The van der Waals surface area contributed by atoms with Gasteiger partial charge in [-0.1, -0.05) is 29.8 Å². The first-order valence-electron chi connectivity index (χ1n) is 8.00. The summed E-state index contributed by atoms with van der Waals surface area (Å²) < 4.78 is 23.3. The molecule has 0 aromatic heterocycles. The van der Waals surface area contributed by atoms with Crippen LogP contribution in [0.1, 0.15) is 19.4 Å². The molecule has 5 nitrogen and oxygen atoms in total. The lowest BCUT2D eigenvalue weighted by Gasteiger charge is -2.18. The molecule has 26 heavy (non-hydrogen) atoms. The molecule has 1 amide bonds. The molecule has 0 aliphatic heterocycles. The fourth-order valence-corrected chi connectivity index (χ4v) is 2.26. The number of benzene rings is 2. The maximum atomic E-state index is 12.9. The average Bonchev–Trinajstić information content (AvgIpc) is 2.62. The molecule has 7 heteroatoms. The molecule has 2 atom stereocenters. The van der Waals surface area contributed by atoms with Crippen molar-refractivity contribution in [1.29, 1.82) is 0 Å². The van der Waals surface area contributed by atoms with E-state index in [-0.39, 0.29) is 6.54 Å². The maximum absolute atomic E-state index is 12.9. The summed E-state index contributed by atoms with van der Waals surface area (Å²) in [5, 5.41) is 3.20. The van der Waals surface area contributed by atoms with Crippen LogP contribution in [0.2, 0.25) is 5.02 Å². The summed E-state index contributed by atoms with van der Waals surface area (Å²) >= 11 is 6.02. The number of amides is 1. The van der Waals surface area contributed by atoms with E-state index >= 15 is 0 Å². The van der Waals surface area contributed by atoms with Crippen LogP contribution in [0.4, 0.5) is 4.39 Å². The second-order valence-corrected chi connectivity index (χ2v) is 6.01. The first-order valence-corrected chi connectivity index (χ1v) is 8.38. The number of ether oxygens (including phenoxy) is 2. The van der Waals surface area contributed by atoms with Gasteiger partial charge in [0.05, 0.1) is 0 Å². The van der Waals surface area contributed by atoms with Gasteiger partial charge < -0.3 is 14.8 Å². The second-order valence-electron chi connectivity index (χ2n) is 5.60. The number of carbonyl (C=O) groups excluding carboxylic acids is 2. The highest BCUT2D eigenvalue weighted by atomic mass is 35.5. The summed E-state index contributed by atoms with van der Waals surface area (Å²) in [5.41, 5.74) is 0.758. The maximum Gasteiger partial charge on any atom is 0.347 e. The Bertz CT molecular complexity index is 766. The van der Waals surface area contributed by atoms with E-state index in [2.05, 4.69) is 5.32 Å². The first-order chi connectivity index (χ1) is 12.4. The van der Waals surface area contributed by atoms with Crippen LogP contribution in [0, 0.1) is 5.82 Å². The Labute approximate surface area is 156 Å². The molecule has 2 rings (SSSR count). The summed E-state index contributed by atoms with van der Waals surface area (Å²) in [4.78, 5) is 24.1. The van der Waals surface area contributed by atoms with E-state index in [1.54, 1.807) is 18.2 Å². The minimum atomic E-state index is -0.996. The zero-order chi connectivity index (χ0) is 19.1. The highest BCUT2D eigenvalue weighted by molar-refractivity contribution is 6.31. The Morgan fingerprint density at radius 3 is 2.38 bits per heavy atom. The van der Waals surface area contributed by atoms with Crippen molar-refractivity contribution in [3.8, 4) is 5.75 Å². The average molecular weight is 380 g/mol. The molecule has 0 aliphatic rings. The zero-order valence-electron chi connectivity index (χ0n) is 14.4. The molecule has 1 N–H and O–H groups in total. The molecular weight excluding hydrogens is 361 g/mol. The predicted molar refractivity (Wildman–Crippen MR) is 95.3 cm³/mol. The van der Waals surface area contributed by atoms with E-state index < -0.39 is 29.9 Å². The Morgan fingerprint density at radius 1 is 1.08 bits per heavy atom. The minimum Gasteiger partial charge on any atom is -0.479 e. The van der Waals surface area contributed by atoms with Gasteiger partial charge in [0.2, 0.25) is 0 Å². The third-order valence-corrected chi connectivity index (χ3v) is 3.90. The van der Waals surface area contributed by atoms with Crippen LogP contribution in [-0.2, 0) is 20.9 Å². The predicted octanol–water partition coefficient (Wildman–Crippen LogP) is 3.49. The van der Waals surface area contributed by atoms with Gasteiger partial charge in [0.1, 0.15) is 11.6 Å². The lowest BCUT2D eigenvalue weighted by atomic mass is 10.2. The molecule has 0 heterocycles. The van der Waals surface area contributed by atoms with Crippen molar-refractivity contribution >= 4 is 23.5 Å². The smallest absolute Gasteiger partial charge is 0.347 e. The second kappa shape index (κ2) is 9.20. The SMILES string of the molecule is C[C@H](Oc1ccc(F)cc1)C(=O)O[C@H](C)C(=O)NCc1ccccc1Cl. The lowest BCUT2D eigenvalue weighted by Crippen LogP contribution is -2.38. The Hall–Kier alpha value is -2.60. The Balaban J connectivity index is 1.82.